The summed E-state index contributed by atoms with van der Waals surface area (Å²) in [7, 11) is 6.41. The highest BCUT2D eigenvalue weighted by Gasteiger charge is 2.72. The van der Waals surface area contributed by atoms with E-state index in [4.69, 9.17) is 5.73 Å². The lowest BCUT2D eigenvalue weighted by Gasteiger charge is -2.59. The molecule has 4 rings (SSSR count). The van der Waals surface area contributed by atoms with E-state index < -0.39 is 74.9 Å². The topological polar surface area (TPSA) is 194 Å². The Bertz CT molecular complexity index is 1550. The molecular weight excluding hydrogens is 544 g/mol. The number of primary amides is 1. The Morgan fingerprint density at radius 1 is 1.19 bits per heavy atom. The number of benzene rings is 1. The largest absolute Gasteiger partial charge is 0.508 e. The summed E-state index contributed by atoms with van der Waals surface area (Å²) in [5, 5.41) is 49.8. The van der Waals surface area contributed by atoms with Crippen LogP contribution >= 0.6 is 0 Å². The lowest BCUT2D eigenvalue weighted by atomic mass is 9.49. The van der Waals surface area contributed by atoms with Crippen LogP contribution in [0.3, 0.4) is 0 Å². The molecule has 0 spiro atoms. The number of anilines is 1. The quantitative estimate of drug-likeness (QED) is 0.142. The minimum Gasteiger partial charge on any atom is -0.508 e. The number of carbonyl (C=O) groups is 3. The normalized spacial score (nSPS) is 28.5. The molecule has 0 bridgehead atoms. The number of aliphatic hydroxyl groups excluding tert-OH is 1. The van der Waals surface area contributed by atoms with Gasteiger partial charge in [0.1, 0.15) is 28.4 Å². The molecule has 1 amide bonds. The summed E-state index contributed by atoms with van der Waals surface area (Å²) >= 11 is 0. The number of nitrogens with zero attached hydrogens (tertiary/aromatic N) is 3. The number of aromatic hydroxyl groups is 1. The first-order chi connectivity index (χ1) is 19.5. The standard InChI is InChI=1S/C30H36N4O8/c1-7-8-9-10-11-15-12-17(33(3)4)16-13-29(40)14-28(2)25(34(5)6)23(37)19(27(31)39)26(38)30(28,41)24(32-42)20(29)22(36)18(16)21(15)35/h12,25,35,38,40-41H,7-9,13-14H2,1-6H3,(H2,31,39)/t25-,28+,29-,30+/m1/s1. The third-order valence-electron chi connectivity index (χ3n) is 8.73. The molecule has 12 nitrogen and oxygen atoms in total. The number of aliphatic hydroxyl groups is 3. The fraction of sp³-hybridized carbons (Fsp3) is 0.500. The summed E-state index contributed by atoms with van der Waals surface area (Å²) in [5.74, 6) is 0.900. The Morgan fingerprint density at radius 3 is 2.36 bits per heavy atom. The van der Waals surface area contributed by atoms with Gasteiger partial charge in [-0.25, -0.2) is 0 Å². The summed E-state index contributed by atoms with van der Waals surface area (Å²) < 4.78 is 0. The monoisotopic (exact) mass is 580 g/mol. The number of rotatable bonds is 6. The van der Waals surface area contributed by atoms with Gasteiger partial charge in [0, 0.05) is 38.0 Å². The van der Waals surface area contributed by atoms with E-state index in [0.717, 1.165) is 12.8 Å². The van der Waals surface area contributed by atoms with Gasteiger partial charge < -0.3 is 31.1 Å². The molecule has 0 saturated heterocycles. The van der Waals surface area contributed by atoms with Crippen molar-refractivity contribution in [1.82, 2.24) is 4.90 Å². The number of hydrogen-bond acceptors (Lipinski definition) is 11. The van der Waals surface area contributed by atoms with E-state index in [1.54, 1.807) is 25.1 Å². The Labute approximate surface area is 243 Å². The smallest absolute Gasteiger partial charge is 0.255 e. The molecule has 42 heavy (non-hydrogen) atoms. The molecule has 0 saturated carbocycles. The zero-order chi connectivity index (χ0) is 31.5. The zero-order valence-electron chi connectivity index (χ0n) is 24.5. The Morgan fingerprint density at radius 2 is 1.83 bits per heavy atom. The first-order valence-electron chi connectivity index (χ1n) is 13.6. The minimum atomic E-state index is -2.87. The minimum absolute atomic E-state index is 0.155. The van der Waals surface area contributed by atoms with Crippen LogP contribution in [0, 0.1) is 22.2 Å². The van der Waals surface area contributed by atoms with Crippen LogP contribution in [0.5, 0.6) is 5.75 Å². The molecule has 0 aromatic heterocycles. The molecule has 4 atom stereocenters. The van der Waals surface area contributed by atoms with E-state index in [-0.39, 0.29) is 23.1 Å². The lowest BCUT2D eigenvalue weighted by Crippen LogP contribution is -2.71. The molecule has 0 radical (unpaired) electrons. The van der Waals surface area contributed by atoms with Gasteiger partial charge in [0.15, 0.2) is 17.2 Å². The average Bonchev–Trinajstić information content (AvgIpc) is 2.87. The molecule has 0 aliphatic heterocycles. The Balaban J connectivity index is 2.11. The van der Waals surface area contributed by atoms with Crippen LogP contribution in [-0.2, 0) is 16.0 Å². The van der Waals surface area contributed by atoms with E-state index in [0.29, 0.717) is 12.1 Å². The van der Waals surface area contributed by atoms with Crippen molar-refractivity contribution >= 4 is 23.2 Å². The molecule has 1 aromatic carbocycles. The summed E-state index contributed by atoms with van der Waals surface area (Å²) in [4.78, 5) is 55.7. The first-order valence-corrected chi connectivity index (χ1v) is 13.6. The van der Waals surface area contributed by atoms with E-state index >= 15 is 0 Å². The van der Waals surface area contributed by atoms with Crippen molar-refractivity contribution in [1.29, 1.82) is 0 Å². The van der Waals surface area contributed by atoms with Crippen molar-refractivity contribution in [2.75, 3.05) is 33.1 Å². The molecule has 3 aliphatic rings. The molecule has 12 heteroatoms. The maximum Gasteiger partial charge on any atom is 0.255 e. The number of hydrogen-bond donors (Lipinski definition) is 5. The number of unbranched alkanes of at least 4 members (excludes halogenated alkanes) is 2. The predicted molar refractivity (Wildman–Crippen MR) is 154 cm³/mol. The number of likely N-dealkylation sites (N-methyl/N-ethyl adjacent to an activating group) is 1. The van der Waals surface area contributed by atoms with Crippen molar-refractivity contribution in [3.05, 3.63) is 50.3 Å². The lowest BCUT2D eigenvalue weighted by molar-refractivity contribution is -0.158. The van der Waals surface area contributed by atoms with Gasteiger partial charge in [0.05, 0.1) is 22.7 Å². The number of phenols is 1. The van der Waals surface area contributed by atoms with Gasteiger partial charge >= 0.3 is 0 Å². The second-order valence-corrected chi connectivity index (χ2v) is 11.9. The number of nitroso groups, excluding NO2 is 1. The van der Waals surface area contributed by atoms with Gasteiger partial charge in [-0.3, -0.25) is 19.3 Å². The Hall–Kier alpha value is -4.05. The number of nitrogens with two attached hydrogens (primary N) is 1. The number of amides is 1. The van der Waals surface area contributed by atoms with Crippen LogP contribution < -0.4 is 10.6 Å². The summed E-state index contributed by atoms with van der Waals surface area (Å²) in [6.07, 6.45) is 1.51. The van der Waals surface area contributed by atoms with Gasteiger partial charge in [0.25, 0.3) is 5.91 Å². The average molecular weight is 581 g/mol. The molecule has 0 fully saturated rings. The number of phenolic OH excluding ortho intramolecular Hbond substituents is 1. The van der Waals surface area contributed by atoms with Crippen LogP contribution in [0.2, 0.25) is 0 Å². The molecule has 3 aliphatic carbocycles. The van der Waals surface area contributed by atoms with E-state index in [1.807, 2.05) is 6.92 Å². The molecular formula is C30H36N4O8. The third kappa shape index (κ3) is 4.06. The van der Waals surface area contributed by atoms with Crippen LogP contribution in [0.25, 0.3) is 0 Å². The Kier molecular flexibility index (Phi) is 7.61. The van der Waals surface area contributed by atoms with Crippen molar-refractivity contribution < 1.29 is 34.8 Å². The number of ketones is 2. The summed E-state index contributed by atoms with van der Waals surface area (Å²) in [5.41, 5.74) is -3.37. The number of fused-ring (bicyclic) bond motifs is 3. The van der Waals surface area contributed by atoms with Crippen LogP contribution in [-0.4, -0.2) is 88.2 Å². The third-order valence-corrected chi connectivity index (χ3v) is 8.73. The van der Waals surface area contributed by atoms with Gasteiger partial charge in [-0.05, 0) is 43.7 Å². The van der Waals surface area contributed by atoms with E-state index in [9.17, 15) is 39.7 Å². The first kappa shape index (κ1) is 30.9. The highest BCUT2D eigenvalue weighted by molar-refractivity contribution is 6.23. The molecule has 6 N–H and O–H groups in total. The van der Waals surface area contributed by atoms with Crippen molar-refractivity contribution in [2.45, 2.75) is 63.2 Å². The molecule has 0 heterocycles. The van der Waals surface area contributed by atoms with Gasteiger partial charge in [-0.15, -0.1) is 4.91 Å². The van der Waals surface area contributed by atoms with Crippen molar-refractivity contribution in [3.8, 4) is 17.6 Å². The van der Waals surface area contributed by atoms with E-state index in [2.05, 4.69) is 17.0 Å². The SMILES string of the molecule is CCCCC#Cc1cc(N(C)C)c2c(c1O)C(=O)C1=C(N=O)[C@]3(O)C(O)=C(C(N)=O)C(=O)[C@@H](N(C)C)[C@]3(C)C[C@]1(O)C2. The van der Waals surface area contributed by atoms with Crippen LogP contribution in [0.15, 0.2) is 33.8 Å². The fourth-order valence-corrected chi connectivity index (χ4v) is 6.98. The predicted octanol–water partition coefficient (Wildman–Crippen LogP) is 1.44. The summed E-state index contributed by atoms with van der Waals surface area (Å²) in [6.45, 7) is 3.38. The zero-order valence-corrected chi connectivity index (χ0v) is 24.5. The van der Waals surface area contributed by atoms with E-state index in [1.165, 1.54) is 25.9 Å². The molecule has 0 unspecified atom stereocenters. The second kappa shape index (κ2) is 10.3. The number of Topliss-reactive ketones (excluding diaryl/α,β-unsaturated/α-hetero) is 2. The van der Waals surface area contributed by atoms with Crippen molar-refractivity contribution in [3.63, 3.8) is 0 Å². The van der Waals surface area contributed by atoms with Gasteiger partial charge in [0.2, 0.25) is 0 Å². The molecule has 1 aromatic rings. The maximum absolute atomic E-state index is 14.3. The van der Waals surface area contributed by atoms with Gasteiger partial charge in [-0.1, -0.05) is 32.1 Å². The summed E-state index contributed by atoms with van der Waals surface area (Å²) in [6, 6.07) is 0.237. The molecule has 224 valence electrons. The highest BCUT2D eigenvalue weighted by atomic mass is 16.3. The van der Waals surface area contributed by atoms with Gasteiger partial charge in [-0.2, -0.15) is 0 Å². The number of carbonyl (C=O) groups excluding carboxylic acids is 3. The highest BCUT2D eigenvalue weighted by Crippen LogP contribution is 2.62. The fourth-order valence-electron chi connectivity index (χ4n) is 6.98. The van der Waals surface area contributed by atoms with Crippen molar-refractivity contribution in [2.24, 2.45) is 16.3 Å². The second-order valence-electron chi connectivity index (χ2n) is 11.9. The van der Waals surface area contributed by atoms with Crippen LogP contribution in [0.4, 0.5) is 5.69 Å². The van der Waals surface area contributed by atoms with Crippen LogP contribution in [0.1, 0.15) is 61.0 Å². The maximum atomic E-state index is 14.3.